The van der Waals surface area contributed by atoms with E-state index in [1.54, 1.807) is 5.32 Å². The van der Waals surface area contributed by atoms with Crippen molar-refractivity contribution in [1.29, 1.82) is 0 Å². The Kier molecular flexibility index (Phi) is 17.8. The van der Waals surface area contributed by atoms with Gasteiger partial charge in [0.25, 0.3) is 5.91 Å². The molecule has 0 saturated heterocycles. The number of hydrazine groups is 1. The standard InChI is InChI=1S/C36H41F10IN7O10P/c1-33(2,35(41,42)43)26(49-31(57)58)28(55)48-24(12-17-6-8-19(47)9-7-17)25(64-65(60,61)62)16-53(52-29(56)27(50-32(59)63-5)34(3,4)36(44,45)46)15-20-21(37)13-18(14-22(20)38)23-10-11-54(51-23)30(39)40/h6-11,13-14,24-27,30,49H,12,15-16H2,1-5H3,(H,48,55)(H,50,59)(H,52,56)(H,57,58)(H2,60,61,62)/t24-,25-,26+,27+/m0/s1. The number of hydrogen-bond donors (Lipinski definition) is 7. The van der Waals surface area contributed by atoms with Gasteiger partial charge in [-0.15, -0.1) is 0 Å². The minimum atomic E-state index is -5.88. The van der Waals surface area contributed by atoms with Crippen LogP contribution in [0.1, 0.15) is 45.4 Å². The number of methoxy groups -OCH3 is 1. The third-order valence-corrected chi connectivity index (χ3v) is 11.1. The Morgan fingerprint density at radius 3 is 1.83 bits per heavy atom. The molecule has 4 atom stereocenters. The second-order valence-electron chi connectivity index (χ2n) is 15.2. The second-order valence-corrected chi connectivity index (χ2v) is 17.6. The third kappa shape index (κ3) is 14.6. The monoisotopic (exact) mass is 1080 g/mol. The molecule has 0 saturated carbocycles. The molecule has 0 spiro atoms. The summed E-state index contributed by atoms with van der Waals surface area (Å²) >= 11 is 1.88. The lowest BCUT2D eigenvalue weighted by Crippen LogP contribution is -2.63. The molecule has 1 aromatic heterocycles. The fourth-order valence-electron chi connectivity index (χ4n) is 5.88. The lowest BCUT2D eigenvalue weighted by Gasteiger charge is -2.38. The fourth-order valence-corrected chi connectivity index (χ4v) is 6.81. The minimum Gasteiger partial charge on any atom is -0.465 e. The average molecular weight is 1080 g/mol. The number of hydrogen-bond acceptors (Lipinski definition) is 9. The van der Waals surface area contributed by atoms with Crippen molar-refractivity contribution in [3.05, 3.63) is 75.0 Å². The van der Waals surface area contributed by atoms with E-state index in [2.05, 4.69) is 15.2 Å². The van der Waals surface area contributed by atoms with Crippen LogP contribution in [0.5, 0.6) is 0 Å². The number of carbonyl (C=O) groups is 4. The van der Waals surface area contributed by atoms with Crippen molar-refractivity contribution in [3.63, 3.8) is 0 Å². The lowest BCUT2D eigenvalue weighted by molar-refractivity contribution is -0.221. The highest BCUT2D eigenvalue weighted by molar-refractivity contribution is 14.1. The molecule has 0 aliphatic carbocycles. The number of phosphoric acid groups is 1. The van der Waals surface area contributed by atoms with Gasteiger partial charge in [-0.25, -0.2) is 32.6 Å². The first kappa shape index (κ1) is 54.6. The van der Waals surface area contributed by atoms with Crippen LogP contribution in [0.4, 0.5) is 53.5 Å². The number of nitrogens with one attached hydrogen (secondary N) is 4. The average Bonchev–Trinajstić information content (AvgIpc) is 3.67. The number of benzene rings is 2. The molecule has 0 radical (unpaired) electrons. The number of alkyl halides is 8. The van der Waals surface area contributed by atoms with Gasteiger partial charge in [-0.2, -0.15) is 40.2 Å². The summed E-state index contributed by atoms with van der Waals surface area (Å²) in [5.74, 6) is -6.65. The summed E-state index contributed by atoms with van der Waals surface area (Å²) in [6.07, 6.45) is -16.6. The van der Waals surface area contributed by atoms with E-state index in [-0.39, 0.29) is 15.9 Å². The van der Waals surface area contributed by atoms with Crippen molar-refractivity contribution < 1.29 is 91.8 Å². The molecule has 0 bridgehead atoms. The SMILES string of the molecule is COC(=O)N[C@H](C(=O)NN(Cc1c(F)cc(-c2ccn(C(F)F)n2)cc1F)C[C@H](OP(=O)(O)O)[C@H](Cc1ccc(I)cc1)NC(=O)[C@@H](NC(=O)O)C(C)(C)C(F)(F)F)C(C)(C)C(F)(F)F. The molecule has 3 rings (SSSR count). The second kappa shape index (κ2) is 21.2. The molecule has 0 unspecified atom stereocenters. The van der Waals surface area contributed by atoms with Crippen LogP contribution >= 0.6 is 30.4 Å². The Bertz CT molecular complexity index is 2200. The largest absolute Gasteiger partial charge is 0.469 e. The summed E-state index contributed by atoms with van der Waals surface area (Å²) in [6, 6.07) is 0.429. The molecule has 7 N–H and O–H groups in total. The number of halogens is 11. The van der Waals surface area contributed by atoms with Crippen LogP contribution in [-0.4, -0.2) is 104 Å². The maximum absolute atomic E-state index is 15.9. The highest BCUT2D eigenvalue weighted by Gasteiger charge is 2.57. The maximum atomic E-state index is 15.9. The summed E-state index contributed by atoms with van der Waals surface area (Å²) in [7, 11) is -5.15. The van der Waals surface area contributed by atoms with E-state index >= 15 is 8.78 Å². The Morgan fingerprint density at radius 2 is 1.38 bits per heavy atom. The van der Waals surface area contributed by atoms with Gasteiger partial charge in [0.05, 0.1) is 29.7 Å². The number of rotatable bonds is 19. The highest BCUT2D eigenvalue weighted by atomic mass is 127. The van der Waals surface area contributed by atoms with Crippen LogP contribution < -0.4 is 21.4 Å². The number of alkyl carbamates (subject to hydrolysis) is 1. The molecule has 17 nitrogen and oxygen atoms in total. The zero-order valence-electron chi connectivity index (χ0n) is 34.3. The van der Waals surface area contributed by atoms with Gasteiger partial charge >= 0.3 is 38.9 Å². The van der Waals surface area contributed by atoms with Crippen LogP contribution in [0.2, 0.25) is 0 Å². The molecular weight excluding hydrogens is 1040 g/mol. The van der Waals surface area contributed by atoms with Crippen molar-refractivity contribution in [2.24, 2.45) is 10.8 Å². The number of phosphoric ester groups is 1. The van der Waals surface area contributed by atoms with E-state index in [4.69, 9.17) is 4.52 Å². The van der Waals surface area contributed by atoms with Gasteiger partial charge in [0.1, 0.15) is 29.8 Å². The molecule has 362 valence electrons. The normalized spacial score (nSPS) is 14.6. The summed E-state index contributed by atoms with van der Waals surface area (Å²) < 4.78 is 167. The van der Waals surface area contributed by atoms with E-state index in [0.29, 0.717) is 48.4 Å². The van der Waals surface area contributed by atoms with Gasteiger partial charge in [-0.1, -0.05) is 12.1 Å². The number of aromatic nitrogens is 2. The predicted octanol–water partition coefficient (Wildman–Crippen LogP) is 6.40. The molecular formula is C36H41F10IN7O10P. The molecule has 29 heteroatoms. The number of amides is 4. The van der Waals surface area contributed by atoms with Gasteiger partial charge in [0.2, 0.25) is 5.91 Å². The van der Waals surface area contributed by atoms with Crippen molar-refractivity contribution in [3.8, 4) is 11.3 Å². The molecule has 0 aliphatic heterocycles. The highest BCUT2D eigenvalue weighted by Crippen LogP contribution is 2.43. The third-order valence-electron chi connectivity index (χ3n) is 9.83. The summed E-state index contributed by atoms with van der Waals surface area (Å²) in [6.45, 7) is -4.02. The molecule has 4 amide bonds. The van der Waals surface area contributed by atoms with E-state index in [1.165, 1.54) is 29.6 Å². The zero-order chi connectivity index (χ0) is 49.6. The van der Waals surface area contributed by atoms with Gasteiger partial charge in [-0.05, 0) is 92.6 Å². The van der Waals surface area contributed by atoms with Gasteiger partial charge in [-0.3, -0.25) is 19.5 Å². The molecule has 0 aliphatic rings. The molecule has 2 aromatic carbocycles. The van der Waals surface area contributed by atoms with Gasteiger partial charge in [0.15, 0.2) is 0 Å². The number of ether oxygens (including phenoxy) is 1. The van der Waals surface area contributed by atoms with Crippen LogP contribution in [0, 0.1) is 26.0 Å². The van der Waals surface area contributed by atoms with E-state index in [1.807, 2.05) is 28.0 Å². The first-order valence-electron chi connectivity index (χ1n) is 18.3. The predicted molar refractivity (Wildman–Crippen MR) is 213 cm³/mol. The van der Waals surface area contributed by atoms with E-state index in [9.17, 15) is 73.8 Å². The van der Waals surface area contributed by atoms with E-state index in [0.717, 1.165) is 19.4 Å². The number of nitrogens with zero attached hydrogens (tertiary/aromatic N) is 3. The Labute approximate surface area is 375 Å². The number of carboxylic acid groups (broad SMARTS) is 1. The Hall–Kier alpha value is -4.77. The lowest BCUT2D eigenvalue weighted by atomic mass is 9.82. The smallest absolute Gasteiger partial charge is 0.465 e. The van der Waals surface area contributed by atoms with Crippen molar-refractivity contribution in [2.75, 3.05) is 13.7 Å². The fraction of sp³-hybridized carbons (Fsp3) is 0.472. The number of carbonyl (C=O) groups excluding carboxylic acids is 3. The summed E-state index contributed by atoms with van der Waals surface area (Å²) in [4.78, 5) is 71.7. The zero-order valence-corrected chi connectivity index (χ0v) is 37.3. The van der Waals surface area contributed by atoms with Gasteiger partial charge < -0.3 is 35.6 Å². The first-order chi connectivity index (χ1) is 29.7. The Morgan fingerprint density at radius 1 is 0.862 bits per heavy atom. The van der Waals surface area contributed by atoms with Crippen molar-refractivity contribution >= 4 is 54.4 Å². The van der Waals surface area contributed by atoms with Gasteiger partial charge in [0, 0.05) is 34.0 Å². The Balaban J connectivity index is 2.30. The van der Waals surface area contributed by atoms with E-state index < -0.39 is 128 Å². The summed E-state index contributed by atoms with van der Waals surface area (Å²) in [5, 5.41) is 18.4. The van der Waals surface area contributed by atoms with Crippen LogP contribution in [0.15, 0.2) is 48.7 Å². The van der Waals surface area contributed by atoms with Crippen LogP contribution in [0.3, 0.4) is 0 Å². The maximum Gasteiger partial charge on any atom is 0.469 e. The molecule has 3 aromatic rings. The van der Waals surface area contributed by atoms with Crippen molar-refractivity contribution in [1.82, 2.24) is 36.2 Å². The molecule has 1 heterocycles. The summed E-state index contributed by atoms with van der Waals surface area (Å²) in [5.41, 5.74) is -6.23. The topological polar surface area (TPSA) is 234 Å². The van der Waals surface area contributed by atoms with Crippen LogP contribution in [0.25, 0.3) is 11.3 Å². The van der Waals surface area contributed by atoms with Crippen molar-refractivity contribution in [2.45, 2.75) is 83.8 Å². The van der Waals surface area contributed by atoms with Crippen LogP contribution in [-0.2, 0) is 36.4 Å². The minimum absolute atomic E-state index is 0.147. The first-order valence-corrected chi connectivity index (χ1v) is 20.9. The molecule has 0 fully saturated rings. The quantitative estimate of drug-likeness (QED) is 0.0299. The molecule has 65 heavy (non-hydrogen) atoms.